The van der Waals surface area contributed by atoms with Crippen LogP contribution < -0.4 is 10.1 Å². The second-order valence-electron chi connectivity index (χ2n) is 4.17. The molecule has 0 aliphatic rings. The van der Waals surface area contributed by atoms with Crippen molar-refractivity contribution in [2.45, 2.75) is 6.92 Å². The molecule has 1 heterocycles. The number of benzene rings is 1. The molecule has 0 aliphatic heterocycles. The Labute approximate surface area is 121 Å². The number of carbonyl (C=O) groups excluding carboxylic acids is 1. The van der Waals surface area contributed by atoms with Crippen molar-refractivity contribution in [3.63, 3.8) is 0 Å². The summed E-state index contributed by atoms with van der Waals surface area (Å²) in [7, 11) is 0. The lowest BCUT2D eigenvalue weighted by Gasteiger charge is -2.07. The summed E-state index contributed by atoms with van der Waals surface area (Å²) < 4.78 is 5.55. The van der Waals surface area contributed by atoms with Gasteiger partial charge in [0.05, 0.1) is 5.56 Å². The van der Waals surface area contributed by atoms with E-state index in [0.717, 1.165) is 0 Å². The van der Waals surface area contributed by atoms with Crippen molar-refractivity contribution in [1.29, 1.82) is 0 Å². The van der Waals surface area contributed by atoms with Gasteiger partial charge in [0.1, 0.15) is 17.2 Å². The average molecular weight is 286 g/mol. The van der Waals surface area contributed by atoms with Crippen molar-refractivity contribution in [2.24, 2.45) is 0 Å². The molecule has 6 nitrogen and oxygen atoms in total. The molecule has 0 saturated heterocycles. The topological polar surface area (TPSA) is 88.5 Å². The largest absolute Gasteiger partial charge is 0.478 e. The monoisotopic (exact) mass is 286 g/mol. The fourth-order valence-corrected chi connectivity index (χ4v) is 1.68. The molecule has 2 aromatic rings. The molecule has 1 amide bonds. The number of carboxylic acids is 1. The van der Waals surface area contributed by atoms with E-state index in [9.17, 15) is 9.59 Å². The third kappa shape index (κ3) is 3.79. The molecule has 108 valence electrons. The summed E-state index contributed by atoms with van der Waals surface area (Å²) in [6.07, 6.45) is 1.46. The molecule has 0 aliphatic carbocycles. The van der Waals surface area contributed by atoms with Gasteiger partial charge < -0.3 is 15.2 Å². The zero-order valence-electron chi connectivity index (χ0n) is 11.4. The molecule has 0 spiro atoms. The summed E-state index contributed by atoms with van der Waals surface area (Å²) in [6.45, 7) is 2.32. The van der Waals surface area contributed by atoms with Crippen molar-refractivity contribution in [1.82, 2.24) is 10.3 Å². The maximum absolute atomic E-state index is 11.7. The van der Waals surface area contributed by atoms with Gasteiger partial charge in [-0.05, 0) is 31.2 Å². The molecule has 0 unspecified atom stereocenters. The van der Waals surface area contributed by atoms with Crippen LogP contribution in [0.3, 0.4) is 0 Å². The molecule has 0 bridgehead atoms. The highest BCUT2D eigenvalue weighted by Gasteiger charge is 2.09. The minimum Gasteiger partial charge on any atom is -0.478 e. The van der Waals surface area contributed by atoms with Gasteiger partial charge in [0, 0.05) is 18.8 Å². The normalized spacial score (nSPS) is 9.95. The molecule has 0 radical (unpaired) electrons. The smallest absolute Gasteiger partial charge is 0.335 e. The summed E-state index contributed by atoms with van der Waals surface area (Å²) in [5.41, 5.74) is 0.370. The van der Waals surface area contributed by atoms with Crippen molar-refractivity contribution >= 4 is 11.9 Å². The molecule has 21 heavy (non-hydrogen) atoms. The Morgan fingerprint density at radius 1 is 1.24 bits per heavy atom. The Balaban J connectivity index is 2.20. The summed E-state index contributed by atoms with van der Waals surface area (Å²) in [5.74, 6) is -0.530. The van der Waals surface area contributed by atoms with Gasteiger partial charge in [-0.2, -0.15) is 0 Å². The van der Waals surface area contributed by atoms with E-state index >= 15 is 0 Å². The number of hydrogen-bond acceptors (Lipinski definition) is 4. The molecule has 0 atom stereocenters. The van der Waals surface area contributed by atoms with E-state index in [1.165, 1.54) is 24.4 Å². The lowest BCUT2D eigenvalue weighted by molar-refractivity contribution is 0.0696. The van der Waals surface area contributed by atoms with Gasteiger partial charge >= 0.3 is 5.97 Å². The number of amides is 1. The van der Waals surface area contributed by atoms with Crippen molar-refractivity contribution in [3.05, 3.63) is 53.9 Å². The van der Waals surface area contributed by atoms with Crippen LogP contribution in [-0.4, -0.2) is 28.5 Å². The summed E-state index contributed by atoms with van der Waals surface area (Å²) >= 11 is 0. The third-order valence-corrected chi connectivity index (χ3v) is 2.62. The average Bonchev–Trinajstić information content (AvgIpc) is 2.48. The van der Waals surface area contributed by atoms with E-state index in [-0.39, 0.29) is 17.2 Å². The van der Waals surface area contributed by atoms with Gasteiger partial charge in [0.2, 0.25) is 0 Å². The van der Waals surface area contributed by atoms with Crippen LogP contribution >= 0.6 is 0 Å². The van der Waals surface area contributed by atoms with Crippen molar-refractivity contribution in [2.75, 3.05) is 6.54 Å². The first-order valence-electron chi connectivity index (χ1n) is 6.35. The van der Waals surface area contributed by atoms with Crippen LogP contribution in [0.5, 0.6) is 11.5 Å². The van der Waals surface area contributed by atoms with E-state index < -0.39 is 5.97 Å². The number of nitrogens with one attached hydrogen (secondary N) is 1. The number of hydrogen-bond donors (Lipinski definition) is 2. The minimum atomic E-state index is -1.03. The van der Waals surface area contributed by atoms with E-state index in [1.807, 2.05) is 6.92 Å². The van der Waals surface area contributed by atoms with Gasteiger partial charge in [0.25, 0.3) is 5.91 Å². The molecular weight excluding hydrogens is 272 g/mol. The zero-order chi connectivity index (χ0) is 15.2. The molecule has 0 fully saturated rings. The quantitative estimate of drug-likeness (QED) is 0.880. The Kier molecular flexibility index (Phi) is 4.50. The van der Waals surface area contributed by atoms with Crippen molar-refractivity contribution in [3.8, 4) is 11.5 Å². The highest BCUT2D eigenvalue weighted by atomic mass is 16.5. The predicted molar refractivity (Wildman–Crippen MR) is 75.7 cm³/mol. The SMILES string of the molecule is CCNC(=O)c1cc(Oc2cccc(C(=O)O)c2)ccn1. The van der Waals surface area contributed by atoms with Crippen LogP contribution in [0.1, 0.15) is 27.8 Å². The number of pyridine rings is 1. The molecular formula is C15H14N2O4. The first kappa shape index (κ1) is 14.5. The Hall–Kier alpha value is -2.89. The molecule has 1 aromatic carbocycles. The number of carboxylic acid groups (broad SMARTS) is 1. The number of rotatable bonds is 5. The molecule has 1 aromatic heterocycles. The lowest BCUT2D eigenvalue weighted by atomic mass is 10.2. The number of aromatic carboxylic acids is 1. The van der Waals surface area contributed by atoms with Gasteiger partial charge in [-0.1, -0.05) is 6.07 Å². The number of ether oxygens (including phenoxy) is 1. The van der Waals surface area contributed by atoms with E-state index in [4.69, 9.17) is 9.84 Å². The number of carbonyl (C=O) groups is 2. The second-order valence-corrected chi connectivity index (χ2v) is 4.17. The Bertz CT molecular complexity index is 670. The van der Waals surface area contributed by atoms with E-state index in [1.54, 1.807) is 18.2 Å². The summed E-state index contributed by atoms with van der Waals surface area (Å²) in [4.78, 5) is 26.5. The van der Waals surface area contributed by atoms with Gasteiger partial charge in [-0.3, -0.25) is 9.78 Å². The Morgan fingerprint density at radius 2 is 2.00 bits per heavy atom. The van der Waals surface area contributed by atoms with Gasteiger partial charge in [-0.15, -0.1) is 0 Å². The van der Waals surface area contributed by atoms with Crippen LogP contribution in [-0.2, 0) is 0 Å². The predicted octanol–water partition coefficient (Wildman–Crippen LogP) is 2.32. The first-order valence-corrected chi connectivity index (χ1v) is 6.35. The summed E-state index contributed by atoms with van der Waals surface area (Å²) in [6, 6.07) is 9.20. The standard InChI is InChI=1S/C15H14N2O4/c1-2-16-14(18)13-9-12(6-7-17-13)21-11-5-3-4-10(8-11)15(19)20/h3-9H,2H2,1H3,(H,16,18)(H,19,20). The van der Waals surface area contributed by atoms with Crippen LogP contribution in [0, 0.1) is 0 Å². The maximum atomic E-state index is 11.7. The van der Waals surface area contributed by atoms with Crippen molar-refractivity contribution < 1.29 is 19.4 Å². The highest BCUT2D eigenvalue weighted by molar-refractivity contribution is 5.92. The Morgan fingerprint density at radius 3 is 2.71 bits per heavy atom. The molecule has 2 rings (SSSR count). The molecule has 6 heteroatoms. The fourth-order valence-electron chi connectivity index (χ4n) is 1.68. The van der Waals surface area contributed by atoms with E-state index in [0.29, 0.717) is 18.0 Å². The third-order valence-electron chi connectivity index (χ3n) is 2.62. The fraction of sp³-hybridized carbons (Fsp3) is 0.133. The maximum Gasteiger partial charge on any atom is 0.335 e. The van der Waals surface area contributed by atoms with Gasteiger partial charge in [0.15, 0.2) is 0 Å². The molecule has 2 N–H and O–H groups in total. The zero-order valence-corrected chi connectivity index (χ0v) is 11.4. The first-order chi connectivity index (χ1) is 10.1. The van der Waals surface area contributed by atoms with E-state index in [2.05, 4.69) is 10.3 Å². The number of aromatic nitrogens is 1. The van der Waals surface area contributed by atoms with Crippen LogP contribution in [0.25, 0.3) is 0 Å². The highest BCUT2D eigenvalue weighted by Crippen LogP contribution is 2.22. The summed E-state index contributed by atoms with van der Waals surface area (Å²) in [5, 5.41) is 11.6. The number of nitrogens with zero attached hydrogens (tertiary/aromatic N) is 1. The lowest BCUT2D eigenvalue weighted by Crippen LogP contribution is -2.23. The van der Waals surface area contributed by atoms with Crippen LogP contribution in [0.2, 0.25) is 0 Å². The molecule has 0 saturated carbocycles. The second kappa shape index (κ2) is 6.51. The van der Waals surface area contributed by atoms with Gasteiger partial charge in [-0.25, -0.2) is 4.79 Å². The van der Waals surface area contributed by atoms with Crippen LogP contribution in [0.15, 0.2) is 42.6 Å². The van der Waals surface area contributed by atoms with Crippen LogP contribution in [0.4, 0.5) is 0 Å². The minimum absolute atomic E-state index is 0.130.